The van der Waals surface area contributed by atoms with Gasteiger partial charge in [-0.3, -0.25) is 15.0 Å². The summed E-state index contributed by atoms with van der Waals surface area (Å²) in [5, 5.41) is 3.54. The number of carbonyl (C=O) groups excluding carboxylic acids is 1. The highest BCUT2D eigenvalue weighted by molar-refractivity contribution is 5.84. The molecule has 0 spiro atoms. The Kier molecular flexibility index (Phi) is 5.08. The molecule has 1 amide bonds. The molecule has 0 aromatic heterocycles. The van der Waals surface area contributed by atoms with E-state index in [9.17, 15) is 4.79 Å². The normalized spacial score (nSPS) is 28.8. The molecule has 116 valence electrons. The van der Waals surface area contributed by atoms with Crippen LogP contribution in [-0.2, 0) is 4.79 Å². The molecule has 20 heavy (non-hydrogen) atoms. The summed E-state index contributed by atoms with van der Waals surface area (Å²) < 4.78 is 0. The zero-order chi connectivity index (χ0) is 14.9. The minimum absolute atomic E-state index is 0.0332. The molecular formula is C16H31N3O. The average molecular weight is 281 g/mol. The fourth-order valence-electron chi connectivity index (χ4n) is 3.21. The lowest BCUT2D eigenvalue weighted by Gasteiger charge is -2.33. The summed E-state index contributed by atoms with van der Waals surface area (Å²) in [7, 11) is 2.20. The van der Waals surface area contributed by atoms with Crippen LogP contribution in [0.15, 0.2) is 0 Å². The molecule has 4 heteroatoms. The number of rotatable bonds is 7. The standard InChI is InChI=1S/C16H31N3O/c1-6-7-14-16(20)19(15(17-14)11(2)3)10-12(4)18(5)13-8-9-13/h11-15,17H,6-10H2,1-5H3. The van der Waals surface area contributed by atoms with E-state index < -0.39 is 0 Å². The van der Waals surface area contributed by atoms with Crippen molar-refractivity contribution >= 4 is 5.91 Å². The number of hydrogen-bond acceptors (Lipinski definition) is 3. The van der Waals surface area contributed by atoms with Gasteiger partial charge in [-0.2, -0.15) is 0 Å². The Hall–Kier alpha value is -0.610. The maximum absolute atomic E-state index is 12.6. The molecule has 0 bridgehead atoms. The fraction of sp³-hybridized carbons (Fsp3) is 0.938. The van der Waals surface area contributed by atoms with E-state index in [2.05, 4.69) is 49.9 Å². The molecule has 2 aliphatic rings. The van der Waals surface area contributed by atoms with E-state index in [-0.39, 0.29) is 12.2 Å². The first-order valence-electron chi connectivity index (χ1n) is 8.24. The third-order valence-corrected chi connectivity index (χ3v) is 4.78. The summed E-state index contributed by atoms with van der Waals surface area (Å²) in [5.74, 6) is 0.765. The first kappa shape index (κ1) is 15.8. The SMILES string of the molecule is CCCC1NC(C(C)C)N(CC(C)N(C)C2CC2)C1=O. The number of likely N-dealkylation sites (N-methyl/N-ethyl adjacent to an activating group) is 1. The largest absolute Gasteiger partial charge is 0.324 e. The van der Waals surface area contributed by atoms with Gasteiger partial charge in [-0.1, -0.05) is 27.2 Å². The second-order valence-corrected chi connectivity index (χ2v) is 6.93. The van der Waals surface area contributed by atoms with Gasteiger partial charge < -0.3 is 4.90 Å². The van der Waals surface area contributed by atoms with Crippen molar-refractivity contribution in [1.82, 2.24) is 15.1 Å². The topological polar surface area (TPSA) is 35.6 Å². The van der Waals surface area contributed by atoms with Gasteiger partial charge in [0.05, 0.1) is 12.2 Å². The number of amides is 1. The van der Waals surface area contributed by atoms with Gasteiger partial charge in [-0.15, -0.1) is 0 Å². The van der Waals surface area contributed by atoms with Crippen molar-refractivity contribution in [2.75, 3.05) is 13.6 Å². The van der Waals surface area contributed by atoms with Crippen molar-refractivity contribution in [3.8, 4) is 0 Å². The Balaban J connectivity index is 2.00. The molecule has 1 saturated carbocycles. The fourth-order valence-corrected chi connectivity index (χ4v) is 3.21. The molecule has 1 heterocycles. The number of carbonyl (C=O) groups is 1. The number of hydrogen-bond donors (Lipinski definition) is 1. The molecule has 0 aromatic carbocycles. The van der Waals surface area contributed by atoms with E-state index in [1.807, 2.05) is 0 Å². The predicted molar refractivity (Wildman–Crippen MR) is 82.4 cm³/mol. The van der Waals surface area contributed by atoms with E-state index in [1.54, 1.807) is 0 Å². The van der Waals surface area contributed by atoms with Crippen LogP contribution >= 0.6 is 0 Å². The van der Waals surface area contributed by atoms with Gasteiger partial charge in [0.25, 0.3) is 0 Å². The molecule has 0 aromatic rings. The summed E-state index contributed by atoms with van der Waals surface area (Å²) in [5.41, 5.74) is 0. The Morgan fingerprint density at radius 1 is 1.35 bits per heavy atom. The zero-order valence-corrected chi connectivity index (χ0v) is 13.7. The molecule has 0 radical (unpaired) electrons. The van der Waals surface area contributed by atoms with Crippen molar-refractivity contribution in [1.29, 1.82) is 0 Å². The average Bonchev–Trinajstić information content (AvgIpc) is 3.19. The highest BCUT2D eigenvalue weighted by Crippen LogP contribution is 2.28. The van der Waals surface area contributed by atoms with Gasteiger partial charge in [0, 0.05) is 18.6 Å². The lowest BCUT2D eigenvalue weighted by atomic mass is 10.1. The molecule has 2 rings (SSSR count). The lowest BCUT2D eigenvalue weighted by molar-refractivity contribution is -0.131. The van der Waals surface area contributed by atoms with Crippen molar-refractivity contribution in [2.24, 2.45) is 5.92 Å². The zero-order valence-electron chi connectivity index (χ0n) is 13.7. The molecule has 3 atom stereocenters. The Morgan fingerprint density at radius 2 is 2.00 bits per heavy atom. The van der Waals surface area contributed by atoms with Crippen LogP contribution in [-0.4, -0.2) is 53.6 Å². The molecule has 1 N–H and O–H groups in total. The molecular weight excluding hydrogens is 250 g/mol. The maximum atomic E-state index is 12.6. The minimum Gasteiger partial charge on any atom is -0.324 e. The summed E-state index contributed by atoms with van der Waals surface area (Å²) in [4.78, 5) is 17.1. The molecule has 2 fully saturated rings. The summed E-state index contributed by atoms with van der Waals surface area (Å²) >= 11 is 0. The van der Waals surface area contributed by atoms with Crippen LogP contribution in [0.2, 0.25) is 0 Å². The number of nitrogens with one attached hydrogen (secondary N) is 1. The third-order valence-electron chi connectivity index (χ3n) is 4.78. The van der Waals surface area contributed by atoms with E-state index >= 15 is 0 Å². The quantitative estimate of drug-likeness (QED) is 0.776. The predicted octanol–water partition coefficient (Wildman–Crippen LogP) is 2.05. The second-order valence-electron chi connectivity index (χ2n) is 6.93. The summed E-state index contributed by atoms with van der Waals surface area (Å²) in [6, 6.07) is 1.22. The van der Waals surface area contributed by atoms with Gasteiger partial charge in [0.2, 0.25) is 5.91 Å². The van der Waals surface area contributed by atoms with Crippen molar-refractivity contribution in [2.45, 2.75) is 77.7 Å². The van der Waals surface area contributed by atoms with Crippen LogP contribution in [0.3, 0.4) is 0 Å². The Morgan fingerprint density at radius 3 is 2.50 bits per heavy atom. The van der Waals surface area contributed by atoms with Crippen molar-refractivity contribution in [3.63, 3.8) is 0 Å². The van der Waals surface area contributed by atoms with Crippen LogP contribution in [0.25, 0.3) is 0 Å². The molecule has 3 unspecified atom stereocenters. The van der Waals surface area contributed by atoms with Gasteiger partial charge in [0.1, 0.15) is 0 Å². The molecule has 4 nitrogen and oxygen atoms in total. The first-order valence-corrected chi connectivity index (χ1v) is 8.24. The molecule has 1 aliphatic heterocycles. The lowest BCUT2D eigenvalue weighted by Crippen LogP contribution is -2.48. The van der Waals surface area contributed by atoms with Crippen LogP contribution in [0.4, 0.5) is 0 Å². The van der Waals surface area contributed by atoms with Crippen LogP contribution in [0.5, 0.6) is 0 Å². The first-order chi connectivity index (χ1) is 9.45. The number of nitrogens with zero attached hydrogens (tertiary/aromatic N) is 2. The Bertz CT molecular complexity index is 341. The summed E-state index contributed by atoms with van der Waals surface area (Å²) in [6.07, 6.45) is 4.84. The van der Waals surface area contributed by atoms with Crippen LogP contribution in [0, 0.1) is 5.92 Å². The second kappa shape index (κ2) is 6.44. The van der Waals surface area contributed by atoms with Gasteiger partial charge in [-0.25, -0.2) is 0 Å². The highest BCUT2D eigenvalue weighted by atomic mass is 16.2. The monoisotopic (exact) mass is 281 g/mol. The van der Waals surface area contributed by atoms with Gasteiger partial charge >= 0.3 is 0 Å². The Labute approximate surface area is 123 Å². The third kappa shape index (κ3) is 3.34. The van der Waals surface area contributed by atoms with Crippen molar-refractivity contribution < 1.29 is 4.79 Å². The van der Waals surface area contributed by atoms with Crippen LogP contribution < -0.4 is 5.32 Å². The van der Waals surface area contributed by atoms with E-state index in [0.29, 0.717) is 17.9 Å². The van der Waals surface area contributed by atoms with Crippen LogP contribution in [0.1, 0.15) is 53.4 Å². The summed E-state index contributed by atoms with van der Waals surface area (Å²) in [6.45, 7) is 9.63. The van der Waals surface area contributed by atoms with Gasteiger partial charge in [-0.05, 0) is 39.2 Å². The molecule has 1 saturated heterocycles. The highest BCUT2D eigenvalue weighted by Gasteiger charge is 2.41. The maximum Gasteiger partial charge on any atom is 0.241 e. The molecule has 1 aliphatic carbocycles. The smallest absolute Gasteiger partial charge is 0.241 e. The van der Waals surface area contributed by atoms with E-state index in [1.165, 1.54) is 12.8 Å². The van der Waals surface area contributed by atoms with E-state index in [4.69, 9.17) is 0 Å². The van der Waals surface area contributed by atoms with Gasteiger partial charge in [0.15, 0.2) is 0 Å². The van der Waals surface area contributed by atoms with E-state index in [0.717, 1.165) is 25.4 Å². The minimum atomic E-state index is 0.0332. The van der Waals surface area contributed by atoms with Crippen molar-refractivity contribution in [3.05, 3.63) is 0 Å².